The van der Waals surface area contributed by atoms with Crippen molar-refractivity contribution in [1.29, 1.82) is 0 Å². The third-order valence-electron chi connectivity index (χ3n) is 4.61. The molecule has 0 saturated heterocycles. The summed E-state index contributed by atoms with van der Waals surface area (Å²) in [5.74, 6) is 1.61. The summed E-state index contributed by atoms with van der Waals surface area (Å²) in [6.07, 6.45) is 1.00. The van der Waals surface area contributed by atoms with Crippen molar-refractivity contribution in [2.75, 3.05) is 20.8 Å². The highest BCUT2D eigenvalue weighted by molar-refractivity contribution is 14.0. The molecule has 0 unspecified atom stereocenters. The van der Waals surface area contributed by atoms with Gasteiger partial charge in [0, 0.05) is 6.54 Å². The topological polar surface area (TPSA) is 107 Å². The molecule has 0 heterocycles. The summed E-state index contributed by atoms with van der Waals surface area (Å²) in [4.78, 5) is 16.6. The van der Waals surface area contributed by atoms with Crippen LogP contribution in [-0.4, -0.2) is 44.0 Å². The molecule has 0 aromatic heterocycles. The van der Waals surface area contributed by atoms with E-state index in [0.29, 0.717) is 30.5 Å². The summed E-state index contributed by atoms with van der Waals surface area (Å²) in [5, 5.41) is 6.10. The van der Waals surface area contributed by atoms with Crippen LogP contribution in [0.1, 0.15) is 53.0 Å². The number of hydrogen-bond acceptors (Lipinski definition) is 5. The predicted octanol–water partition coefficient (Wildman–Crippen LogP) is 3.81. The molecule has 9 heteroatoms. The fraction of sp³-hybridized carbons (Fsp3) is 0.619. The highest BCUT2D eigenvalue weighted by Crippen LogP contribution is 2.27. The number of rotatable bonds is 9. The number of carbonyl (C=O) groups excluding carboxylic acids is 1. The first kappa shape index (κ1) is 28.1. The Labute approximate surface area is 197 Å². The number of nitrogens with two attached hydrogens (primary N) is 1. The molecule has 1 aromatic carbocycles. The molecule has 0 aliphatic rings. The molecule has 4 N–H and O–H groups in total. The molecule has 0 atom stereocenters. The van der Waals surface area contributed by atoms with Crippen LogP contribution < -0.4 is 25.8 Å². The van der Waals surface area contributed by atoms with Crippen LogP contribution in [0.5, 0.6) is 11.5 Å². The van der Waals surface area contributed by atoms with Gasteiger partial charge >= 0.3 is 6.09 Å². The molecule has 1 aromatic rings. The van der Waals surface area contributed by atoms with Crippen molar-refractivity contribution in [2.45, 2.75) is 65.1 Å². The van der Waals surface area contributed by atoms with E-state index in [2.05, 4.69) is 15.6 Å². The minimum absolute atomic E-state index is 0. The van der Waals surface area contributed by atoms with Crippen molar-refractivity contribution in [3.63, 3.8) is 0 Å². The largest absolute Gasteiger partial charge is 0.493 e. The Morgan fingerprint density at radius 1 is 1.10 bits per heavy atom. The second-order valence-corrected chi connectivity index (χ2v) is 7.86. The lowest BCUT2D eigenvalue weighted by atomic mass is 9.93. The van der Waals surface area contributed by atoms with Crippen molar-refractivity contribution in [3.05, 3.63) is 23.8 Å². The summed E-state index contributed by atoms with van der Waals surface area (Å²) in [7, 11) is 3.18. The Morgan fingerprint density at radius 3 is 2.20 bits per heavy atom. The molecule has 0 aliphatic heterocycles. The van der Waals surface area contributed by atoms with Crippen LogP contribution in [0.25, 0.3) is 0 Å². The van der Waals surface area contributed by atoms with E-state index >= 15 is 0 Å². The Balaban J connectivity index is 0.00000841. The molecule has 8 nitrogen and oxygen atoms in total. The molecule has 172 valence electrons. The number of guanidine groups is 1. The normalized spacial score (nSPS) is 11.9. The van der Waals surface area contributed by atoms with Crippen LogP contribution in [0, 0.1) is 0 Å². The van der Waals surface area contributed by atoms with Crippen LogP contribution in [0.4, 0.5) is 4.79 Å². The Hall–Kier alpha value is -1.91. The van der Waals surface area contributed by atoms with Gasteiger partial charge in [-0.2, -0.15) is 0 Å². The van der Waals surface area contributed by atoms with Crippen molar-refractivity contribution in [1.82, 2.24) is 10.6 Å². The monoisotopic (exact) mass is 536 g/mol. The van der Waals surface area contributed by atoms with E-state index in [9.17, 15) is 4.79 Å². The molecule has 0 aliphatic carbocycles. The number of carbonyl (C=O) groups is 1. The van der Waals surface area contributed by atoms with Gasteiger partial charge in [0.05, 0.1) is 26.3 Å². The summed E-state index contributed by atoms with van der Waals surface area (Å²) in [6.45, 7) is 10.4. The maximum Gasteiger partial charge on any atom is 0.408 e. The Bertz CT molecular complexity index is 701. The van der Waals surface area contributed by atoms with E-state index in [0.717, 1.165) is 18.4 Å². The third-order valence-corrected chi connectivity index (χ3v) is 4.61. The maximum atomic E-state index is 12.2. The highest BCUT2D eigenvalue weighted by Gasteiger charge is 2.30. The maximum absolute atomic E-state index is 12.2. The Kier molecular flexibility index (Phi) is 11.9. The summed E-state index contributed by atoms with van der Waals surface area (Å²) < 4.78 is 15.9. The van der Waals surface area contributed by atoms with Crippen molar-refractivity contribution < 1.29 is 19.0 Å². The standard InChI is InChI=1S/C21H36N4O4.HI/c1-8-21(9-2,25-19(26)29-20(3,4)5)14-24-18(22)23-13-15-10-11-16(27-6)17(12-15)28-7;/h10-12H,8-9,13-14H2,1-7H3,(H,25,26)(H3,22,23,24);1H. The van der Waals surface area contributed by atoms with Crippen LogP contribution in [-0.2, 0) is 11.3 Å². The van der Waals surface area contributed by atoms with E-state index in [4.69, 9.17) is 19.9 Å². The van der Waals surface area contributed by atoms with Crippen LogP contribution in [0.15, 0.2) is 23.2 Å². The van der Waals surface area contributed by atoms with E-state index in [1.54, 1.807) is 14.2 Å². The molecular weight excluding hydrogens is 499 g/mol. The van der Waals surface area contributed by atoms with Gasteiger partial charge in [-0.3, -0.25) is 0 Å². The van der Waals surface area contributed by atoms with Crippen molar-refractivity contribution >= 4 is 36.0 Å². The first-order valence-corrected chi connectivity index (χ1v) is 9.84. The van der Waals surface area contributed by atoms with E-state index in [1.807, 2.05) is 52.8 Å². The van der Waals surface area contributed by atoms with E-state index < -0.39 is 17.2 Å². The molecule has 0 spiro atoms. The number of nitrogens with zero attached hydrogens (tertiary/aromatic N) is 1. The molecule has 30 heavy (non-hydrogen) atoms. The fourth-order valence-electron chi connectivity index (χ4n) is 2.71. The second-order valence-electron chi connectivity index (χ2n) is 7.86. The Morgan fingerprint density at radius 2 is 1.70 bits per heavy atom. The van der Waals surface area contributed by atoms with Gasteiger partial charge < -0.3 is 30.6 Å². The lowest BCUT2D eigenvalue weighted by molar-refractivity contribution is 0.0448. The highest BCUT2D eigenvalue weighted by atomic mass is 127. The SMILES string of the molecule is CCC(CC)(CNC(N)=NCc1ccc(OC)c(OC)c1)NC(=O)OC(C)(C)C.I. The van der Waals surface area contributed by atoms with E-state index in [-0.39, 0.29) is 24.0 Å². The molecule has 0 saturated carbocycles. The van der Waals surface area contributed by atoms with E-state index in [1.165, 1.54) is 0 Å². The van der Waals surface area contributed by atoms with Gasteiger partial charge in [-0.05, 0) is 51.3 Å². The molecule has 0 radical (unpaired) electrons. The van der Waals surface area contributed by atoms with Crippen LogP contribution in [0.2, 0.25) is 0 Å². The van der Waals surface area contributed by atoms with Gasteiger partial charge in [-0.25, -0.2) is 9.79 Å². The summed E-state index contributed by atoms with van der Waals surface area (Å²) in [6, 6.07) is 5.60. The smallest absolute Gasteiger partial charge is 0.408 e. The van der Waals surface area contributed by atoms with Crippen molar-refractivity contribution in [2.24, 2.45) is 10.7 Å². The summed E-state index contributed by atoms with van der Waals surface area (Å²) in [5.41, 5.74) is 5.95. The zero-order valence-corrected chi connectivity index (χ0v) is 21.5. The van der Waals surface area contributed by atoms with Crippen LogP contribution in [0.3, 0.4) is 0 Å². The summed E-state index contributed by atoms with van der Waals surface area (Å²) >= 11 is 0. The lowest BCUT2D eigenvalue weighted by Gasteiger charge is -2.34. The number of ether oxygens (including phenoxy) is 3. The molecule has 0 fully saturated rings. The van der Waals surface area contributed by atoms with Crippen LogP contribution >= 0.6 is 24.0 Å². The number of halogens is 1. The first-order valence-electron chi connectivity index (χ1n) is 9.84. The first-order chi connectivity index (χ1) is 13.6. The van der Waals surface area contributed by atoms with Crippen molar-refractivity contribution in [3.8, 4) is 11.5 Å². The number of amides is 1. The average Bonchev–Trinajstić information content (AvgIpc) is 2.67. The quantitative estimate of drug-likeness (QED) is 0.252. The third kappa shape index (κ3) is 9.27. The number of methoxy groups -OCH3 is 2. The molecule has 0 bridgehead atoms. The lowest BCUT2D eigenvalue weighted by Crippen LogP contribution is -2.56. The molecular formula is C21H37IN4O4. The van der Waals surface area contributed by atoms with Gasteiger partial charge in [0.1, 0.15) is 5.60 Å². The number of nitrogens with one attached hydrogen (secondary N) is 2. The molecule has 1 amide bonds. The number of alkyl carbamates (subject to hydrolysis) is 1. The minimum atomic E-state index is -0.551. The predicted molar refractivity (Wildman–Crippen MR) is 131 cm³/mol. The molecule has 1 rings (SSSR count). The number of aliphatic imine (C=N–C) groups is 1. The average molecular weight is 536 g/mol. The van der Waals surface area contributed by atoms with Gasteiger partial charge in [0.15, 0.2) is 17.5 Å². The van der Waals surface area contributed by atoms with Gasteiger partial charge in [0.2, 0.25) is 0 Å². The van der Waals surface area contributed by atoms with Gasteiger partial charge in [-0.15, -0.1) is 24.0 Å². The zero-order chi connectivity index (χ0) is 22.1. The zero-order valence-electron chi connectivity index (χ0n) is 19.1. The number of benzene rings is 1. The fourth-order valence-corrected chi connectivity index (χ4v) is 2.71. The minimum Gasteiger partial charge on any atom is -0.493 e. The second kappa shape index (κ2) is 12.7. The van der Waals surface area contributed by atoms with Gasteiger partial charge in [0.25, 0.3) is 0 Å². The number of hydrogen-bond donors (Lipinski definition) is 3. The van der Waals surface area contributed by atoms with Gasteiger partial charge in [-0.1, -0.05) is 19.9 Å².